The molecular formula is C18H35NO7. The molecule has 26 heavy (non-hydrogen) atoms. The zero-order chi connectivity index (χ0) is 19.9. The predicted molar refractivity (Wildman–Crippen MR) is 96.5 cm³/mol. The first kappa shape index (κ1) is 24.8. The van der Waals surface area contributed by atoms with Crippen LogP contribution in [0.4, 0.5) is 0 Å². The first-order valence-electron chi connectivity index (χ1n) is 9.55. The molecule has 0 aliphatic heterocycles. The van der Waals surface area contributed by atoms with Crippen LogP contribution in [0.15, 0.2) is 0 Å². The summed E-state index contributed by atoms with van der Waals surface area (Å²) in [5.74, 6) is -2.67. The van der Waals surface area contributed by atoms with Gasteiger partial charge in [0.05, 0.1) is 0 Å². The van der Waals surface area contributed by atoms with Gasteiger partial charge in [0.1, 0.15) is 12.2 Å². The molecule has 0 unspecified atom stereocenters. The summed E-state index contributed by atoms with van der Waals surface area (Å²) in [5.41, 5.74) is 0. The molecule has 0 aromatic rings. The third kappa shape index (κ3) is 10.7. The van der Waals surface area contributed by atoms with Crippen LogP contribution < -0.4 is 5.32 Å². The van der Waals surface area contributed by atoms with E-state index >= 15 is 0 Å². The van der Waals surface area contributed by atoms with E-state index in [-0.39, 0.29) is 0 Å². The molecular weight excluding hydrogens is 342 g/mol. The maximum Gasteiger partial charge on any atom is 0.335 e. The number of unbranched alkanes of at least 4 members (excludes halogenated alkanes) is 9. The van der Waals surface area contributed by atoms with Crippen LogP contribution in [0, 0.1) is 0 Å². The van der Waals surface area contributed by atoms with Crippen molar-refractivity contribution in [1.82, 2.24) is 5.32 Å². The number of carbonyl (C=O) groups excluding carboxylic acids is 1. The zero-order valence-corrected chi connectivity index (χ0v) is 15.6. The van der Waals surface area contributed by atoms with Crippen molar-refractivity contribution < 1.29 is 35.1 Å². The number of carboxylic acid groups (broad SMARTS) is 1. The predicted octanol–water partition coefficient (Wildman–Crippen LogP) is 0.552. The monoisotopic (exact) mass is 377 g/mol. The molecule has 0 saturated carbocycles. The minimum atomic E-state index is -2.28. The molecule has 154 valence electrons. The van der Waals surface area contributed by atoms with Crippen LogP contribution in [0.3, 0.4) is 0 Å². The Hall–Kier alpha value is -1.22. The van der Waals surface area contributed by atoms with Crippen molar-refractivity contribution in [2.75, 3.05) is 6.54 Å². The van der Waals surface area contributed by atoms with Gasteiger partial charge < -0.3 is 30.8 Å². The second-order valence-electron chi connectivity index (χ2n) is 6.68. The van der Waals surface area contributed by atoms with Crippen LogP contribution in [0.2, 0.25) is 0 Å². The summed E-state index contributed by atoms with van der Waals surface area (Å²) in [7, 11) is 0. The number of aliphatic hydroxyl groups is 4. The Balaban J connectivity index is 3.76. The highest BCUT2D eigenvalue weighted by molar-refractivity contribution is 5.81. The minimum Gasteiger partial charge on any atom is -0.479 e. The second-order valence-corrected chi connectivity index (χ2v) is 6.68. The van der Waals surface area contributed by atoms with Gasteiger partial charge in [0.25, 0.3) is 5.91 Å². The number of amides is 1. The largest absolute Gasteiger partial charge is 0.479 e. The van der Waals surface area contributed by atoms with Crippen LogP contribution in [0.5, 0.6) is 0 Å². The van der Waals surface area contributed by atoms with E-state index in [0.717, 1.165) is 25.7 Å². The van der Waals surface area contributed by atoms with Crippen LogP contribution in [-0.2, 0) is 9.59 Å². The zero-order valence-electron chi connectivity index (χ0n) is 15.6. The van der Waals surface area contributed by atoms with Gasteiger partial charge in [0.15, 0.2) is 12.2 Å². The Bertz CT molecular complexity index is 392. The van der Waals surface area contributed by atoms with Crippen LogP contribution in [0.25, 0.3) is 0 Å². The highest BCUT2D eigenvalue weighted by atomic mass is 16.4. The molecule has 0 aromatic heterocycles. The lowest BCUT2D eigenvalue weighted by molar-refractivity contribution is -0.166. The van der Waals surface area contributed by atoms with Gasteiger partial charge in [-0.1, -0.05) is 64.7 Å². The highest BCUT2D eigenvalue weighted by Gasteiger charge is 2.37. The molecule has 8 nitrogen and oxygen atoms in total. The molecule has 1 amide bonds. The van der Waals surface area contributed by atoms with Gasteiger partial charge in [-0.3, -0.25) is 4.79 Å². The number of carbonyl (C=O) groups is 2. The molecule has 0 aliphatic carbocycles. The van der Waals surface area contributed by atoms with Crippen molar-refractivity contribution in [3.05, 3.63) is 0 Å². The molecule has 0 saturated heterocycles. The standard InChI is InChI=1S/C18H35NO7/c1-2-3-4-5-6-7-8-9-10-11-12-19-17(24)15(22)13(20)14(21)16(23)18(25)26/h13-16,20-23H,2-12H2,1H3,(H,19,24)(H,25,26)/t13-,14-,15+,16-/m0/s1. The molecule has 0 fully saturated rings. The topological polar surface area (TPSA) is 147 Å². The maximum atomic E-state index is 11.7. The smallest absolute Gasteiger partial charge is 0.335 e. The minimum absolute atomic E-state index is 0.316. The van der Waals surface area contributed by atoms with Crippen molar-refractivity contribution >= 4 is 11.9 Å². The summed E-state index contributed by atoms with van der Waals surface area (Å²) in [6.45, 7) is 2.51. The fourth-order valence-electron chi connectivity index (χ4n) is 2.60. The van der Waals surface area contributed by atoms with Gasteiger partial charge in [0.2, 0.25) is 0 Å². The van der Waals surface area contributed by atoms with E-state index in [4.69, 9.17) is 10.2 Å². The lowest BCUT2D eigenvalue weighted by Gasteiger charge is -2.23. The van der Waals surface area contributed by atoms with E-state index in [0.29, 0.717) is 6.54 Å². The fraction of sp³-hybridized carbons (Fsp3) is 0.889. The first-order chi connectivity index (χ1) is 12.3. The van der Waals surface area contributed by atoms with Gasteiger partial charge in [-0.25, -0.2) is 4.79 Å². The molecule has 0 radical (unpaired) electrons. The highest BCUT2D eigenvalue weighted by Crippen LogP contribution is 2.10. The number of rotatable bonds is 16. The molecule has 0 rings (SSSR count). The van der Waals surface area contributed by atoms with Crippen molar-refractivity contribution in [1.29, 1.82) is 0 Å². The number of aliphatic carboxylic acids is 1. The SMILES string of the molecule is CCCCCCCCCCCCNC(=O)[C@H](O)[C@@H](O)[C@H](O)[C@H](O)C(=O)O. The van der Waals surface area contributed by atoms with Crippen LogP contribution in [0.1, 0.15) is 71.1 Å². The van der Waals surface area contributed by atoms with Crippen molar-refractivity contribution in [3.8, 4) is 0 Å². The molecule has 6 N–H and O–H groups in total. The molecule has 4 atom stereocenters. The summed E-state index contributed by atoms with van der Waals surface area (Å²) in [5, 5.41) is 48.7. The quantitative estimate of drug-likeness (QED) is 0.215. The molecule has 0 heterocycles. The van der Waals surface area contributed by atoms with E-state index in [1.807, 2.05) is 0 Å². The van der Waals surface area contributed by atoms with Gasteiger partial charge in [-0.05, 0) is 6.42 Å². The van der Waals surface area contributed by atoms with Crippen molar-refractivity contribution in [3.63, 3.8) is 0 Å². The first-order valence-corrected chi connectivity index (χ1v) is 9.55. The summed E-state index contributed by atoms with van der Waals surface area (Å²) in [6, 6.07) is 0. The van der Waals surface area contributed by atoms with E-state index in [1.165, 1.54) is 38.5 Å². The lowest BCUT2D eigenvalue weighted by atomic mass is 10.0. The normalized spacial score (nSPS) is 15.9. The lowest BCUT2D eigenvalue weighted by Crippen LogP contribution is -2.52. The Labute approximate surface area is 155 Å². The molecule has 8 heteroatoms. The third-order valence-corrected chi connectivity index (χ3v) is 4.35. The van der Waals surface area contributed by atoms with E-state index in [9.17, 15) is 24.9 Å². The molecule has 0 bridgehead atoms. The fourth-order valence-corrected chi connectivity index (χ4v) is 2.60. The number of aliphatic hydroxyl groups excluding tert-OH is 4. The summed E-state index contributed by atoms with van der Waals surface area (Å²) in [6.07, 6.45) is 2.94. The summed E-state index contributed by atoms with van der Waals surface area (Å²) < 4.78 is 0. The number of nitrogens with one attached hydrogen (secondary N) is 1. The molecule has 0 aromatic carbocycles. The van der Waals surface area contributed by atoms with E-state index < -0.39 is 36.3 Å². The number of hydrogen-bond acceptors (Lipinski definition) is 6. The average molecular weight is 377 g/mol. The maximum absolute atomic E-state index is 11.7. The third-order valence-electron chi connectivity index (χ3n) is 4.35. The van der Waals surface area contributed by atoms with Crippen molar-refractivity contribution in [2.24, 2.45) is 0 Å². The summed E-state index contributed by atoms with van der Waals surface area (Å²) >= 11 is 0. The van der Waals surface area contributed by atoms with E-state index in [1.54, 1.807) is 0 Å². The van der Waals surface area contributed by atoms with Gasteiger partial charge in [-0.2, -0.15) is 0 Å². The Morgan fingerprint density at radius 2 is 1.15 bits per heavy atom. The van der Waals surface area contributed by atoms with Gasteiger partial charge >= 0.3 is 5.97 Å². The Morgan fingerprint density at radius 1 is 0.731 bits per heavy atom. The Kier molecular flexibility index (Phi) is 14.2. The van der Waals surface area contributed by atoms with Crippen LogP contribution in [-0.4, -0.2) is 68.4 Å². The number of hydrogen-bond donors (Lipinski definition) is 6. The second kappa shape index (κ2) is 14.9. The average Bonchev–Trinajstić information content (AvgIpc) is 2.63. The number of carboxylic acids is 1. The molecule has 0 spiro atoms. The van der Waals surface area contributed by atoms with Gasteiger partial charge in [-0.15, -0.1) is 0 Å². The van der Waals surface area contributed by atoms with Gasteiger partial charge in [0, 0.05) is 6.54 Å². The van der Waals surface area contributed by atoms with E-state index in [2.05, 4.69) is 12.2 Å². The molecule has 0 aliphatic rings. The Morgan fingerprint density at radius 3 is 1.62 bits per heavy atom. The van der Waals surface area contributed by atoms with Crippen LogP contribution >= 0.6 is 0 Å². The summed E-state index contributed by atoms with van der Waals surface area (Å²) in [4.78, 5) is 22.2. The van der Waals surface area contributed by atoms with Crippen molar-refractivity contribution in [2.45, 2.75) is 95.5 Å².